The number of nitrogens with zero attached hydrogens (tertiary/aromatic N) is 1. The molecule has 102 valence electrons. The second kappa shape index (κ2) is 6.17. The van der Waals surface area contributed by atoms with Gasteiger partial charge in [-0.2, -0.15) is 0 Å². The van der Waals surface area contributed by atoms with Crippen LogP contribution in [-0.4, -0.2) is 48.8 Å². The molecule has 0 heterocycles. The quantitative estimate of drug-likeness (QED) is 0.770. The molecule has 0 amide bonds. The van der Waals surface area contributed by atoms with Gasteiger partial charge in [-0.3, -0.25) is 0 Å². The lowest BCUT2D eigenvalue weighted by Gasteiger charge is -2.37. The van der Waals surface area contributed by atoms with Crippen LogP contribution in [-0.2, 0) is 0 Å². The molecule has 4 atom stereocenters. The Morgan fingerprint density at radius 2 is 1.94 bits per heavy atom. The first kappa shape index (κ1) is 14.9. The van der Waals surface area contributed by atoms with Crippen molar-refractivity contribution in [2.24, 2.45) is 11.8 Å². The maximum Gasteiger partial charge on any atom is 0.0869 e. The third-order valence-corrected chi connectivity index (χ3v) is 4.11. The second-order valence-corrected chi connectivity index (χ2v) is 6.49. The third-order valence-electron chi connectivity index (χ3n) is 4.11. The van der Waals surface area contributed by atoms with Crippen LogP contribution in [0.15, 0.2) is 0 Å². The topological polar surface area (TPSA) is 35.5 Å². The summed E-state index contributed by atoms with van der Waals surface area (Å²) in [4.78, 5) is 2.04. The number of nitrogens with one attached hydrogen (secondary N) is 1. The van der Waals surface area contributed by atoms with Crippen LogP contribution in [0.2, 0.25) is 0 Å². The lowest BCUT2D eigenvalue weighted by Crippen LogP contribution is -2.51. The van der Waals surface area contributed by atoms with Gasteiger partial charge in [0, 0.05) is 19.1 Å². The van der Waals surface area contributed by atoms with E-state index in [4.69, 9.17) is 0 Å². The Kier molecular flexibility index (Phi) is 5.42. The van der Waals surface area contributed by atoms with E-state index < -0.39 is 5.60 Å². The smallest absolute Gasteiger partial charge is 0.0869 e. The summed E-state index contributed by atoms with van der Waals surface area (Å²) in [6.45, 7) is 7.99. The Bertz CT molecular complexity index is 228. The third kappa shape index (κ3) is 4.94. The van der Waals surface area contributed by atoms with Gasteiger partial charge in [0.2, 0.25) is 0 Å². The van der Waals surface area contributed by atoms with Crippen LogP contribution in [0, 0.1) is 11.8 Å². The molecule has 1 aliphatic carbocycles. The average molecular weight is 242 g/mol. The van der Waals surface area contributed by atoms with E-state index in [1.807, 2.05) is 25.9 Å². The van der Waals surface area contributed by atoms with E-state index in [-0.39, 0.29) is 0 Å². The molecule has 17 heavy (non-hydrogen) atoms. The highest BCUT2D eigenvalue weighted by Crippen LogP contribution is 2.29. The maximum atomic E-state index is 10.3. The van der Waals surface area contributed by atoms with Crippen LogP contribution < -0.4 is 5.32 Å². The summed E-state index contributed by atoms with van der Waals surface area (Å²) in [5.41, 5.74) is -0.635. The lowest BCUT2D eigenvalue weighted by atomic mass is 9.78. The first-order valence-corrected chi connectivity index (χ1v) is 6.92. The van der Waals surface area contributed by atoms with Gasteiger partial charge in [0.15, 0.2) is 0 Å². The highest BCUT2D eigenvalue weighted by Gasteiger charge is 2.29. The number of hydrogen-bond donors (Lipinski definition) is 2. The molecule has 1 saturated carbocycles. The van der Waals surface area contributed by atoms with Gasteiger partial charge in [0.1, 0.15) is 0 Å². The molecule has 0 saturated heterocycles. The standard InChI is InChI=1S/C14H30N2O/c1-11-7-6-8-13(12(11)2)15-9-14(3,17)10-16(4)5/h11-13,15,17H,6-10H2,1-5H3. The summed E-state index contributed by atoms with van der Waals surface area (Å²) in [7, 11) is 4.00. The summed E-state index contributed by atoms with van der Waals surface area (Å²) in [6, 6.07) is 0.576. The fourth-order valence-electron chi connectivity index (χ4n) is 2.96. The SMILES string of the molecule is CC1CCCC(NCC(C)(O)CN(C)C)C1C. The summed E-state index contributed by atoms with van der Waals surface area (Å²) in [5, 5.41) is 13.8. The van der Waals surface area contributed by atoms with Crippen molar-refractivity contribution in [3.05, 3.63) is 0 Å². The summed E-state index contributed by atoms with van der Waals surface area (Å²) in [6.07, 6.45) is 3.93. The normalized spacial score (nSPS) is 33.7. The number of hydrogen-bond acceptors (Lipinski definition) is 3. The van der Waals surface area contributed by atoms with Crippen molar-refractivity contribution in [1.82, 2.24) is 10.2 Å². The maximum absolute atomic E-state index is 10.3. The van der Waals surface area contributed by atoms with Gasteiger partial charge < -0.3 is 15.3 Å². The molecule has 3 nitrogen and oxygen atoms in total. The van der Waals surface area contributed by atoms with Crippen molar-refractivity contribution in [3.63, 3.8) is 0 Å². The van der Waals surface area contributed by atoms with Crippen LogP contribution in [0.1, 0.15) is 40.0 Å². The predicted octanol–water partition coefficient (Wildman–Crippen LogP) is 1.71. The zero-order valence-corrected chi connectivity index (χ0v) is 12.2. The van der Waals surface area contributed by atoms with Crippen molar-refractivity contribution >= 4 is 0 Å². The van der Waals surface area contributed by atoms with Gasteiger partial charge in [-0.15, -0.1) is 0 Å². The van der Waals surface area contributed by atoms with Gasteiger partial charge in [-0.1, -0.05) is 26.7 Å². The molecule has 0 aromatic heterocycles. The van der Waals surface area contributed by atoms with Gasteiger partial charge >= 0.3 is 0 Å². The molecule has 2 N–H and O–H groups in total. The molecular weight excluding hydrogens is 212 g/mol. The molecule has 3 heteroatoms. The number of rotatable bonds is 5. The molecule has 0 spiro atoms. The lowest BCUT2D eigenvalue weighted by molar-refractivity contribution is 0.0264. The number of aliphatic hydroxyl groups is 1. The van der Waals surface area contributed by atoms with E-state index in [0.29, 0.717) is 19.1 Å². The van der Waals surface area contributed by atoms with Crippen LogP contribution in [0.4, 0.5) is 0 Å². The van der Waals surface area contributed by atoms with Gasteiger partial charge in [0.25, 0.3) is 0 Å². The van der Waals surface area contributed by atoms with Crippen LogP contribution in [0.3, 0.4) is 0 Å². The molecular formula is C14H30N2O. The molecule has 1 aliphatic rings. The van der Waals surface area contributed by atoms with E-state index in [1.54, 1.807) is 0 Å². The van der Waals surface area contributed by atoms with Gasteiger partial charge in [-0.05, 0) is 39.3 Å². The van der Waals surface area contributed by atoms with Crippen molar-refractivity contribution in [2.45, 2.75) is 51.7 Å². The van der Waals surface area contributed by atoms with E-state index in [2.05, 4.69) is 19.2 Å². The second-order valence-electron chi connectivity index (χ2n) is 6.49. The Morgan fingerprint density at radius 1 is 1.29 bits per heavy atom. The molecule has 0 aliphatic heterocycles. The molecule has 0 aromatic rings. The summed E-state index contributed by atoms with van der Waals surface area (Å²) in [5.74, 6) is 1.53. The fraction of sp³-hybridized carbons (Fsp3) is 1.00. The highest BCUT2D eigenvalue weighted by molar-refractivity contribution is 4.86. The van der Waals surface area contributed by atoms with Crippen molar-refractivity contribution in [1.29, 1.82) is 0 Å². The Labute approximate surface area is 107 Å². The minimum absolute atomic E-state index is 0.576. The summed E-state index contributed by atoms with van der Waals surface area (Å²) < 4.78 is 0. The van der Waals surface area contributed by atoms with Gasteiger partial charge in [0.05, 0.1) is 5.60 Å². The monoisotopic (exact) mass is 242 g/mol. The molecule has 1 fully saturated rings. The van der Waals surface area contributed by atoms with E-state index >= 15 is 0 Å². The molecule has 0 radical (unpaired) electrons. The molecule has 4 unspecified atom stereocenters. The van der Waals surface area contributed by atoms with E-state index in [0.717, 1.165) is 11.8 Å². The fourth-order valence-corrected chi connectivity index (χ4v) is 2.96. The van der Waals surface area contributed by atoms with Gasteiger partial charge in [-0.25, -0.2) is 0 Å². The van der Waals surface area contributed by atoms with Crippen molar-refractivity contribution < 1.29 is 5.11 Å². The zero-order valence-electron chi connectivity index (χ0n) is 12.2. The first-order chi connectivity index (χ1) is 7.82. The largest absolute Gasteiger partial charge is 0.388 e. The van der Waals surface area contributed by atoms with Crippen molar-refractivity contribution in [3.8, 4) is 0 Å². The zero-order chi connectivity index (χ0) is 13.1. The average Bonchev–Trinajstić information content (AvgIpc) is 2.18. The van der Waals surface area contributed by atoms with E-state index in [9.17, 15) is 5.11 Å². The predicted molar refractivity (Wildman–Crippen MR) is 73.1 cm³/mol. The van der Waals surface area contributed by atoms with Crippen molar-refractivity contribution in [2.75, 3.05) is 27.2 Å². The molecule has 0 aromatic carbocycles. The minimum atomic E-state index is -0.635. The van der Waals surface area contributed by atoms with Crippen LogP contribution in [0.5, 0.6) is 0 Å². The number of likely N-dealkylation sites (N-methyl/N-ethyl adjacent to an activating group) is 1. The van der Waals surface area contributed by atoms with E-state index in [1.165, 1.54) is 19.3 Å². The van der Waals surface area contributed by atoms with Crippen LogP contribution in [0.25, 0.3) is 0 Å². The molecule has 0 bridgehead atoms. The highest BCUT2D eigenvalue weighted by atomic mass is 16.3. The Morgan fingerprint density at radius 3 is 2.53 bits per heavy atom. The Balaban J connectivity index is 2.38. The summed E-state index contributed by atoms with van der Waals surface area (Å²) >= 11 is 0. The Hall–Kier alpha value is -0.120. The minimum Gasteiger partial charge on any atom is -0.388 e. The molecule has 1 rings (SSSR count). The van der Waals surface area contributed by atoms with Crippen LogP contribution >= 0.6 is 0 Å². The first-order valence-electron chi connectivity index (χ1n) is 6.92.